The monoisotopic (exact) mass is 280 g/mol. The Morgan fingerprint density at radius 3 is 2.68 bits per heavy atom. The van der Waals surface area contributed by atoms with Gasteiger partial charge in [0.05, 0.1) is 16.0 Å². The highest BCUT2D eigenvalue weighted by atomic mass is 35.5. The van der Waals surface area contributed by atoms with E-state index in [1.807, 2.05) is 20.0 Å². The van der Waals surface area contributed by atoms with E-state index in [2.05, 4.69) is 5.32 Å². The van der Waals surface area contributed by atoms with Gasteiger partial charge in [-0.3, -0.25) is 10.1 Å². The molecule has 1 aromatic heterocycles. The van der Waals surface area contributed by atoms with Crippen molar-refractivity contribution in [2.24, 2.45) is 0 Å². The molecule has 0 radical (unpaired) electrons. The summed E-state index contributed by atoms with van der Waals surface area (Å²) in [6.45, 7) is 1.97. The highest BCUT2D eigenvalue weighted by molar-refractivity contribution is 6.33. The Morgan fingerprint density at radius 2 is 2.11 bits per heavy atom. The predicted molar refractivity (Wildman–Crippen MR) is 73.3 cm³/mol. The van der Waals surface area contributed by atoms with Crippen LogP contribution in [-0.4, -0.2) is 12.0 Å². The quantitative estimate of drug-likeness (QED) is 0.683. The van der Waals surface area contributed by atoms with Gasteiger partial charge in [0.2, 0.25) is 0 Å². The van der Waals surface area contributed by atoms with E-state index in [1.165, 1.54) is 12.1 Å². The summed E-state index contributed by atoms with van der Waals surface area (Å²) < 4.78 is 5.69. The molecule has 0 saturated heterocycles. The molecule has 6 heteroatoms. The summed E-state index contributed by atoms with van der Waals surface area (Å²) in [7, 11) is 1.84. The van der Waals surface area contributed by atoms with Gasteiger partial charge in [-0.2, -0.15) is 0 Å². The van der Waals surface area contributed by atoms with Crippen LogP contribution in [0.15, 0.2) is 34.7 Å². The number of nitrogens with zero attached hydrogens (tertiary/aromatic N) is 1. The first kappa shape index (κ1) is 13.6. The first-order chi connectivity index (χ1) is 9.02. The predicted octanol–water partition coefficient (Wildman–Crippen LogP) is 3.79. The van der Waals surface area contributed by atoms with Crippen LogP contribution in [0.4, 0.5) is 5.69 Å². The van der Waals surface area contributed by atoms with Crippen LogP contribution >= 0.6 is 11.6 Å². The number of halogens is 1. The molecule has 0 amide bonds. The Balaban J connectivity index is 2.37. The minimum atomic E-state index is -0.480. The Bertz CT molecular complexity index is 610. The average Bonchev–Trinajstić information content (AvgIpc) is 2.87. The van der Waals surface area contributed by atoms with Gasteiger partial charge in [-0.1, -0.05) is 11.6 Å². The van der Waals surface area contributed by atoms with Crippen molar-refractivity contribution in [2.45, 2.75) is 13.0 Å². The number of nitro benzene ring substituents is 1. The van der Waals surface area contributed by atoms with E-state index in [0.717, 1.165) is 5.76 Å². The maximum Gasteiger partial charge on any atom is 0.270 e. The third-order valence-corrected chi connectivity index (χ3v) is 3.23. The zero-order chi connectivity index (χ0) is 14.0. The van der Waals surface area contributed by atoms with E-state index in [1.54, 1.807) is 12.1 Å². The first-order valence-corrected chi connectivity index (χ1v) is 6.12. The molecule has 1 aromatic carbocycles. The first-order valence-electron chi connectivity index (χ1n) is 5.74. The second-order valence-corrected chi connectivity index (χ2v) is 4.54. The van der Waals surface area contributed by atoms with Gasteiger partial charge < -0.3 is 9.73 Å². The van der Waals surface area contributed by atoms with Crippen molar-refractivity contribution in [3.05, 3.63) is 51.2 Å². The van der Waals surface area contributed by atoms with Gasteiger partial charge in [0, 0.05) is 17.7 Å². The van der Waals surface area contributed by atoms with Gasteiger partial charge in [-0.15, -0.1) is 0 Å². The molecule has 0 aliphatic carbocycles. The molecule has 2 aromatic rings. The van der Waals surface area contributed by atoms with Crippen LogP contribution < -0.4 is 5.32 Å². The van der Waals surface area contributed by atoms with Gasteiger partial charge in [-0.25, -0.2) is 0 Å². The zero-order valence-corrected chi connectivity index (χ0v) is 11.3. The maximum atomic E-state index is 10.6. The Morgan fingerprint density at radius 1 is 1.37 bits per heavy atom. The van der Waals surface area contributed by atoms with Crippen LogP contribution in [-0.2, 0) is 0 Å². The van der Waals surface area contributed by atoms with Crippen LogP contribution in [0.5, 0.6) is 0 Å². The van der Waals surface area contributed by atoms with Crippen molar-refractivity contribution < 1.29 is 9.34 Å². The molecule has 0 bridgehead atoms. The van der Waals surface area contributed by atoms with E-state index in [-0.39, 0.29) is 11.7 Å². The van der Waals surface area contributed by atoms with Crippen LogP contribution in [0.25, 0.3) is 11.3 Å². The van der Waals surface area contributed by atoms with Gasteiger partial charge in [-0.05, 0) is 32.2 Å². The van der Waals surface area contributed by atoms with Crippen molar-refractivity contribution in [2.75, 3.05) is 7.05 Å². The molecule has 100 valence electrons. The SMILES string of the molecule is CNC(C)c1ccc(-c2ccc([N+](=O)[O-])cc2Cl)o1. The third-order valence-electron chi connectivity index (χ3n) is 2.92. The fourth-order valence-corrected chi connectivity index (χ4v) is 1.96. The van der Waals surface area contributed by atoms with E-state index in [0.29, 0.717) is 16.3 Å². The number of benzene rings is 1. The summed E-state index contributed by atoms with van der Waals surface area (Å²) in [4.78, 5) is 10.2. The van der Waals surface area contributed by atoms with E-state index < -0.39 is 4.92 Å². The molecule has 1 unspecified atom stereocenters. The van der Waals surface area contributed by atoms with Crippen LogP contribution in [0.1, 0.15) is 18.7 Å². The second-order valence-electron chi connectivity index (χ2n) is 4.13. The number of nitrogens with one attached hydrogen (secondary N) is 1. The van der Waals surface area contributed by atoms with Gasteiger partial charge in [0.15, 0.2) is 0 Å². The lowest BCUT2D eigenvalue weighted by molar-refractivity contribution is -0.384. The van der Waals surface area contributed by atoms with Gasteiger partial charge in [0.25, 0.3) is 5.69 Å². The molecule has 19 heavy (non-hydrogen) atoms. The van der Waals surface area contributed by atoms with Crippen LogP contribution in [0.2, 0.25) is 5.02 Å². The second kappa shape index (κ2) is 5.42. The summed E-state index contributed by atoms with van der Waals surface area (Å²) in [6.07, 6.45) is 0. The number of nitro groups is 1. The lowest BCUT2D eigenvalue weighted by atomic mass is 10.1. The van der Waals surface area contributed by atoms with Gasteiger partial charge in [0.1, 0.15) is 11.5 Å². The molecule has 0 aliphatic heterocycles. The molecular formula is C13H13ClN2O3. The Kier molecular flexibility index (Phi) is 3.87. The maximum absolute atomic E-state index is 10.6. The highest BCUT2D eigenvalue weighted by Gasteiger charge is 2.15. The minimum absolute atomic E-state index is 0.0378. The molecule has 1 heterocycles. The lowest BCUT2D eigenvalue weighted by Crippen LogP contribution is -2.10. The van der Waals surface area contributed by atoms with E-state index >= 15 is 0 Å². The summed E-state index contributed by atoms with van der Waals surface area (Å²) >= 11 is 6.05. The summed E-state index contributed by atoms with van der Waals surface area (Å²) in [5.74, 6) is 1.38. The lowest BCUT2D eigenvalue weighted by Gasteiger charge is -2.06. The fourth-order valence-electron chi connectivity index (χ4n) is 1.69. The topological polar surface area (TPSA) is 68.3 Å². The number of hydrogen-bond acceptors (Lipinski definition) is 4. The molecular weight excluding hydrogens is 268 g/mol. The van der Waals surface area contributed by atoms with Crippen LogP contribution in [0.3, 0.4) is 0 Å². The van der Waals surface area contributed by atoms with Crippen molar-refractivity contribution in [1.82, 2.24) is 5.32 Å². The highest BCUT2D eigenvalue weighted by Crippen LogP contribution is 2.33. The molecule has 1 N–H and O–H groups in total. The zero-order valence-electron chi connectivity index (χ0n) is 10.5. The number of non-ortho nitro benzene ring substituents is 1. The van der Waals surface area contributed by atoms with Crippen molar-refractivity contribution in [3.8, 4) is 11.3 Å². The standard InChI is InChI=1S/C13H13ClN2O3/c1-8(15-2)12-5-6-13(19-12)10-4-3-9(16(17)18)7-11(10)14/h3-8,15H,1-2H3. The molecule has 0 saturated carbocycles. The largest absolute Gasteiger partial charge is 0.459 e. The minimum Gasteiger partial charge on any atom is -0.459 e. The van der Waals surface area contributed by atoms with E-state index in [4.69, 9.17) is 16.0 Å². The average molecular weight is 281 g/mol. The summed E-state index contributed by atoms with van der Waals surface area (Å²) in [5.41, 5.74) is 0.603. The number of rotatable bonds is 4. The third kappa shape index (κ3) is 2.77. The summed E-state index contributed by atoms with van der Waals surface area (Å²) in [5, 5.41) is 14.0. The summed E-state index contributed by atoms with van der Waals surface area (Å²) in [6, 6.07) is 8.06. The van der Waals surface area contributed by atoms with E-state index in [9.17, 15) is 10.1 Å². The normalized spacial score (nSPS) is 12.4. The molecule has 5 nitrogen and oxygen atoms in total. The van der Waals surface area contributed by atoms with Crippen molar-refractivity contribution in [1.29, 1.82) is 0 Å². The smallest absolute Gasteiger partial charge is 0.270 e. The molecule has 0 aliphatic rings. The Hall–Kier alpha value is -1.85. The molecule has 0 fully saturated rings. The Labute approximate surface area is 115 Å². The molecule has 2 rings (SSSR count). The van der Waals surface area contributed by atoms with Crippen LogP contribution in [0, 0.1) is 10.1 Å². The number of hydrogen-bond donors (Lipinski definition) is 1. The van der Waals surface area contributed by atoms with Crippen molar-refractivity contribution >= 4 is 17.3 Å². The number of furan rings is 1. The fraction of sp³-hybridized carbons (Fsp3) is 0.231. The molecule has 1 atom stereocenters. The van der Waals surface area contributed by atoms with Crippen molar-refractivity contribution in [3.63, 3.8) is 0 Å². The molecule has 0 spiro atoms. The van der Waals surface area contributed by atoms with Gasteiger partial charge >= 0.3 is 0 Å².